The molecule has 0 aliphatic heterocycles. The monoisotopic (exact) mass is 143 g/mol. The molecule has 0 amide bonds. The van der Waals surface area contributed by atoms with Crippen molar-refractivity contribution in [1.82, 2.24) is 0 Å². The fourth-order valence-electron chi connectivity index (χ4n) is 0.238. The van der Waals surface area contributed by atoms with Crippen molar-refractivity contribution < 1.29 is 0 Å². The maximum atomic E-state index is 5.30. The zero-order chi connectivity index (χ0) is 8.41. The summed E-state index contributed by atoms with van der Waals surface area (Å²) in [7, 11) is 1.68. The fraction of sp³-hybridized carbons (Fsp3) is 0.571. The van der Waals surface area contributed by atoms with Gasteiger partial charge in [-0.25, -0.2) is 0 Å². The van der Waals surface area contributed by atoms with E-state index in [2.05, 4.69) is 4.99 Å². The van der Waals surface area contributed by atoms with Crippen molar-refractivity contribution >= 4 is 6.21 Å². The van der Waals surface area contributed by atoms with E-state index in [0.717, 1.165) is 0 Å². The van der Waals surface area contributed by atoms with Gasteiger partial charge in [0.2, 0.25) is 0 Å². The zero-order valence-corrected chi connectivity index (χ0v) is 6.96. The maximum absolute atomic E-state index is 5.30. The molecule has 60 valence electrons. The van der Waals surface area contributed by atoms with Crippen molar-refractivity contribution in [1.29, 1.82) is 0 Å². The normalized spacial score (nSPS) is 11.0. The average Bonchev–Trinajstić information content (AvgIpc) is 2.04. The summed E-state index contributed by atoms with van der Waals surface area (Å²) in [6.45, 7) is 4.39. The Labute approximate surface area is 62.8 Å². The highest BCUT2D eigenvalue weighted by Gasteiger charge is 1.76. The van der Waals surface area contributed by atoms with Gasteiger partial charge in [-0.1, -0.05) is 13.8 Å². The molecule has 0 atom stereocenters. The van der Waals surface area contributed by atoms with Crippen LogP contribution in [0, 0.1) is 0 Å². The van der Waals surface area contributed by atoms with Crippen molar-refractivity contribution in [3.8, 4) is 0 Å². The van der Waals surface area contributed by atoms with Crippen molar-refractivity contribution in [2.45, 2.75) is 13.8 Å². The lowest BCUT2D eigenvalue weighted by atomic mass is 10.4. The molecule has 0 aromatic carbocycles. The van der Waals surface area contributed by atoms with Gasteiger partial charge in [0, 0.05) is 25.5 Å². The van der Waals surface area contributed by atoms with Gasteiger partial charge in [0.05, 0.1) is 0 Å². The van der Waals surface area contributed by atoms with Gasteiger partial charge in [-0.05, 0) is 6.08 Å². The molecular weight excluding hydrogens is 126 g/mol. The molecule has 0 fully saturated rings. The minimum absolute atomic E-state index is 0.395. The minimum Gasteiger partial charge on any atom is -0.401 e. The second-order valence-electron chi connectivity index (χ2n) is 1.35. The average molecular weight is 143 g/mol. The van der Waals surface area contributed by atoms with Crippen molar-refractivity contribution in [3.05, 3.63) is 11.8 Å². The molecule has 0 aromatic rings. The highest BCUT2D eigenvalue weighted by molar-refractivity contribution is 5.71. The first-order valence-electron chi connectivity index (χ1n) is 3.38. The lowest BCUT2D eigenvalue weighted by Gasteiger charge is -1.88. The fourth-order valence-corrected chi connectivity index (χ4v) is 0.238. The molecule has 0 radical (unpaired) electrons. The van der Waals surface area contributed by atoms with E-state index in [1.807, 2.05) is 13.8 Å². The maximum Gasteiger partial charge on any atom is 0.0327 e. The SMILES string of the molecule is CC.CN=C/C=C(\N)CN. The number of nitrogens with two attached hydrogens (primary N) is 2. The first kappa shape index (κ1) is 11.9. The first-order valence-corrected chi connectivity index (χ1v) is 3.38. The Kier molecular flexibility index (Phi) is 13.1. The Morgan fingerprint density at radius 2 is 2.00 bits per heavy atom. The molecule has 0 unspecified atom stereocenters. The summed E-state index contributed by atoms with van der Waals surface area (Å²) in [4.78, 5) is 3.69. The van der Waals surface area contributed by atoms with Gasteiger partial charge < -0.3 is 11.5 Å². The van der Waals surface area contributed by atoms with Crippen molar-refractivity contribution in [2.24, 2.45) is 16.5 Å². The van der Waals surface area contributed by atoms with E-state index >= 15 is 0 Å². The molecule has 0 saturated heterocycles. The van der Waals surface area contributed by atoms with Gasteiger partial charge >= 0.3 is 0 Å². The van der Waals surface area contributed by atoms with E-state index < -0.39 is 0 Å². The van der Waals surface area contributed by atoms with Crippen LogP contribution in [0.25, 0.3) is 0 Å². The van der Waals surface area contributed by atoms with Crippen LogP contribution in [0.15, 0.2) is 16.8 Å². The third-order valence-corrected chi connectivity index (χ3v) is 0.673. The Morgan fingerprint density at radius 1 is 1.50 bits per heavy atom. The molecule has 0 aliphatic carbocycles. The molecule has 0 rings (SSSR count). The molecule has 0 bridgehead atoms. The Hall–Kier alpha value is -0.830. The van der Waals surface area contributed by atoms with Crippen LogP contribution in [0.1, 0.15) is 13.8 Å². The van der Waals surface area contributed by atoms with Crippen LogP contribution >= 0.6 is 0 Å². The van der Waals surface area contributed by atoms with Gasteiger partial charge in [0.15, 0.2) is 0 Å². The van der Waals surface area contributed by atoms with Crippen LogP contribution in [0.2, 0.25) is 0 Å². The summed E-state index contributed by atoms with van der Waals surface area (Å²) in [6.07, 6.45) is 3.29. The van der Waals surface area contributed by atoms with E-state index in [1.165, 1.54) is 0 Å². The predicted molar refractivity (Wildman–Crippen MR) is 47.1 cm³/mol. The smallest absolute Gasteiger partial charge is 0.0327 e. The topological polar surface area (TPSA) is 64.4 Å². The molecule has 3 heteroatoms. The summed E-state index contributed by atoms with van der Waals surface area (Å²) < 4.78 is 0. The van der Waals surface area contributed by atoms with E-state index in [0.29, 0.717) is 12.2 Å². The summed E-state index contributed by atoms with van der Waals surface area (Å²) >= 11 is 0. The number of aliphatic imine (C=N–C) groups is 1. The number of allylic oxidation sites excluding steroid dienone is 1. The number of hydrogen-bond acceptors (Lipinski definition) is 3. The zero-order valence-electron chi connectivity index (χ0n) is 6.96. The van der Waals surface area contributed by atoms with E-state index in [4.69, 9.17) is 11.5 Å². The molecular formula is C7H17N3. The number of nitrogens with zero attached hydrogens (tertiary/aromatic N) is 1. The molecule has 10 heavy (non-hydrogen) atoms. The summed E-state index contributed by atoms with van der Waals surface area (Å²) in [5, 5.41) is 0. The van der Waals surface area contributed by atoms with Crippen LogP contribution in [-0.2, 0) is 0 Å². The predicted octanol–water partition coefficient (Wildman–Crippen LogP) is 0.515. The molecule has 3 nitrogen and oxygen atoms in total. The quantitative estimate of drug-likeness (QED) is 0.553. The van der Waals surface area contributed by atoms with E-state index in [9.17, 15) is 0 Å². The van der Waals surface area contributed by atoms with Crippen LogP contribution in [0.5, 0.6) is 0 Å². The molecule has 0 spiro atoms. The lowest BCUT2D eigenvalue weighted by molar-refractivity contribution is 1.11. The Morgan fingerprint density at radius 3 is 2.30 bits per heavy atom. The number of rotatable bonds is 2. The summed E-state index contributed by atoms with van der Waals surface area (Å²) in [5.41, 5.74) is 11.1. The standard InChI is InChI=1S/C5H11N3.C2H6/c1-8-3-2-5(7)4-6;1-2/h2-3H,4,6-7H2,1H3;1-2H3/b5-2-,8-3?;. The van der Waals surface area contributed by atoms with Crippen LogP contribution < -0.4 is 11.5 Å². The third-order valence-electron chi connectivity index (χ3n) is 0.673. The van der Waals surface area contributed by atoms with Gasteiger partial charge in [0.25, 0.3) is 0 Å². The van der Waals surface area contributed by atoms with Crippen molar-refractivity contribution in [2.75, 3.05) is 13.6 Å². The Balaban J connectivity index is 0. The highest BCUT2D eigenvalue weighted by atomic mass is 14.7. The summed E-state index contributed by atoms with van der Waals surface area (Å²) in [5.74, 6) is 0. The number of hydrogen-bond donors (Lipinski definition) is 2. The third kappa shape index (κ3) is 10.2. The van der Waals surface area contributed by atoms with Crippen LogP contribution in [0.4, 0.5) is 0 Å². The van der Waals surface area contributed by atoms with Gasteiger partial charge in [-0.2, -0.15) is 0 Å². The second-order valence-corrected chi connectivity index (χ2v) is 1.35. The largest absolute Gasteiger partial charge is 0.401 e. The molecule has 0 aromatic heterocycles. The second kappa shape index (κ2) is 11.0. The van der Waals surface area contributed by atoms with Gasteiger partial charge in [-0.3, -0.25) is 4.99 Å². The molecule has 0 aliphatic rings. The Bertz CT molecular complexity index is 105. The van der Waals surface area contributed by atoms with E-state index in [-0.39, 0.29) is 0 Å². The lowest BCUT2D eigenvalue weighted by Crippen LogP contribution is -2.10. The van der Waals surface area contributed by atoms with Crippen LogP contribution in [-0.4, -0.2) is 19.8 Å². The minimum atomic E-state index is 0.395. The van der Waals surface area contributed by atoms with E-state index in [1.54, 1.807) is 19.3 Å². The molecule has 0 heterocycles. The molecule has 4 N–H and O–H groups in total. The van der Waals surface area contributed by atoms with Crippen molar-refractivity contribution in [3.63, 3.8) is 0 Å². The van der Waals surface area contributed by atoms with Gasteiger partial charge in [0.1, 0.15) is 0 Å². The van der Waals surface area contributed by atoms with Crippen LogP contribution in [0.3, 0.4) is 0 Å². The molecule has 0 saturated carbocycles. The first-order chi connectivity index (χ1) is 4.81. The summed E-state index contributed by atoms with van der Waals surface area (Å²) in [6, 6.07) is 0. The highest BCUT2D eigenvalue weighted by Crippen LogP contribution is 1.72. The van der Waals surface area contributed by atoms with Gasteiger partial charge in [-0.15, -0.1) is 0 Å².